The van der Waals surface area contributed by atoms with Crippen molar-refractivity contribution in [2.24, 2.45) is 0 Å². The van der Waals surface area contributed by atoms with Crippen LogP contribution in [0.5, 0.6) is 0 Å². The molecule has 1 aliphatic heterocycles. The van der Waals surface area contributed by atoms with Crippen LogP contribution in [0.1, 0.15) is 24.4 Å². The third kappa shape index (κ3) is 3.76. The summed E-state index contributed by atoms with van der Waals surface area (Å²) in [6, 6.07) is 5.44. The molecule has 1 saturated heterocycles. The lowest BCUT2D eigenvalue weighted by atomic mass is 10.0. The number of anilines is 2. The van der Waals surface area contributed by atoms with Gasteiger partial charge in [0.25, 0.3) is 5.69 Å². The first kappa shape index (κ1) is 16.1. The summed E-state index contributed by atoms with van der Waals surface area (Å²) in [5.74, 6) is 2.44. The summed E-state index contributed by atoms with van der Waals surface area (Å²) in [4.78, 5) is 25.4. The lowest BCUT2D eigenvalue weighted by Crippen LogP contribution is -2.39. The molecule has 0 saturated carbocycles. The van der Waals surface area contributed by atoms with Crippen LogP contribution in [0.4, 0.5) is 17.3 Å². The molecule has 0 aromatic carbocycles. The van der Waals surface area contributed by atoms with E-state index in [4.69, 9.17) is 0 Å². The fourth-order valence-electron chi connectivity index (χ4n) is 2.90. The number of nitro groups is 1. The summed E-state index contributed by atoms with van der Waals surface area (Å²) >= 11 is 0. The van der Waals surface area contributed by atoms with Gasteiger partial charge in [-0.1, -0.05) is 0 Å². The minimum Gasteiger partial charge on any atom is -0.367 e. The standard InChI is InChI=1S/C16H20N6O2/c1-11-9-16(19-12(2)18-11)21-7-5-13(6-8-21)20-15-4-3-14(10-17-15)22(23)24/h3-4,9-10,13H,5-8H2,1-2H3,(H,17,20). The zero-order valence-electron chi connectivity index (χ0n) is 13.8. The van der Waals surface area contributed by atoms with Gasteiger partial charge in [0.05, 0.1) is 4.92 Å². The van der Waals surface area contributed by atoms with E-state index in [0.717, 1.165) is 43.3 Å². The van der Waals surface area contributed by atoms with E-state index in [1.807, 2.05) is 19.9 Å². The van der Waals surface area contributed by atoms with E-state index < -0.39 is 4.92 Å². The Morgan fingerprint density at radius 1 is 1.25 bits per heavy atom. The highest BCUT2D eigenvalue weighted by Gasteiger charge is 2.21. The zero-order chi connectivity index (χ0) is 17.1. The largest absolute Gasteiger partial charge is 0.367 e. The van der Waals surface area contributed by atoms with Crippen LogP contribution in [0.2, 0.25) is 0 Å². The third-order valence-electron chi connectivity index (χ3n) is 4.08. The number of hydrogen-bond acceptors (Lipinski definition) is 7. The molecule has 2 aromatic rings. The predicted molar refractivity (Wildman–Crippen MR) is 91.3 cm³/mol. The van der Waals surface area contributed by atoms with Crippen LogP contribution in [0.15, 0.2) is 24.4 Å². The number of rotatable bonds is 4. The minimum atomic E-state index is -0.443. The van der Waals surface area contributed by atoms with Gasteiger partial charge in [0.2, 0.25) is 0 Å². The maximum absolute atomic E-state index is 10.7. The van der Waals surface area contributed by atoms with Gasteiger partial charge in [-0.3, -0.25) is 10.1 Å². The first-order chi connectivity index (χ1) is 11.5. The second kappa shape index (κ2) is 6.77. The van der Waals surface area contributed by atoms with Crippen LogP contribution in [0.25, 0.3) is 0 Å². The van der Waals surface area contributed by atoms with Gasteiger partial charge in [0.15, 0.2) is 0 Å². The molecule has 0 unspecified atom stereocenters. The number of aromatic nitrogens is 3. The Morgan fingerprint density at radius 2 is 2.00 bits per heavy atom. The van der Waals surface area contributed by atoms with Gasteiger partial charge in [0, 0.05) is 37.0 Å². The Balaban J connectivity index is 1.57. The molecule has 2 aromatic heterocycles. The van der Waals surface area contributed by atoms with Gasteiger partial charge >= 0.3 is 0 Å². The van der Waals surface area contributed by atoms with Crippen LogP contribution in [-0.2, 0) is 0 Å². The number of nitrogens with one attached hydrogen (secondary N) is 1. The zero-order valence-corrected chi connectivity index (χ0v) is 13.8. The summed E-state index contributed by atoms with van der Waals surface area (Å²) in [6.07, 6.45) is 3.20. The van der Waals surface area contributed by atoms with Gasteiger partial charge in [-0.2, -0.15) is 0 Å². The van der Waals surface area contributed by atoms with Crippen molar-refractivity contribution in [3.8, 4) is 0 Å². The fraction of sp³-hybridized carbons (Fsp3) is 0.438. The van der Waals surface area contributed by atoms with Crippen molar-refractivity contribution in [2.75, 3.05) is 23.3 Å². The van der Waals surface area contributed by atoms with E-state index in [2.05, 4.69) is 25.2 Å². The Kier molecular flexibility index (Phi) is 4.54. The Bertz CT molecular complexity index is 706. The second-order valence-corrected chi connectivity index (χ2v) is 5.98. The fourth-order valence-corrected chi connectivity index (χ4v) is 2.90. The van der Waals surface area contributed by atoms with Gasteiger partial charge in [-0.15, -0.1) is 0 Å². The minimum absolute atomic E-state index is 0.00451. The smallest absolute Gasteiger partial charge is 0.287 e. The van der Waals surface area contributed by atoms with Gasteiger partial charge in [-0.05, 0) is 32.8 Å². The average Bonchev–Trinajstić information content (AvgIpc) is 2.55. The predicted octanol–water partition coefficient (Wildman–Crippen LogP) is 2.48. The van der Waals surface area contributed by atoms with Crippen molar-refractivity contribution in [3.63, 3.8) is 0 Å². The molecule has 126 valence electrons. The van der Waals surface area contributed by atoms with Gasteiger partial charge in [0.1, 0.15) is 23.7 Å². The molecule has 0 spiro atoms. The number of hydrogen-bond donors (Lipinski definition) is 1. The Labute approximate surface area is 140 Å². The maximum atomic E-state index is 10.7. The Morgan fingerprint density at radius 3 is 2.58 bits per heavy atom. The van der Waals surface area contributed by atoms with E-state index in [9.17, 15) is 10.1 Å². The van der Waals surface area contributed by atoms with Crippen LogP contribution in [0.3, 0.4) is 0 Å². The van der Waals surface area contributed by atoms with Crippen LogP contribution in [0, 0.1) is 24.0 Å². The van der Waals surface area contributed by atoms with E-state index in [1.165, 1.54) is 12.3 Å². The molecule has 0 amide bonds. The summed E-state index contributed by atoms with van der Waals surface area (Å²) in [5, 5.41) is 14.0. The van der Waals surface area contributed by atoms with Crippen molar-refractivity contribution in [2.45, 2.75) is 32.7 Å². The Hall–Kier alpha value is -2.77. The SMILES string of the molecule is Cc1cc(N2CCC(Nc3ccc([N+](=O)[O-])cn3)CC2)nc(C)n1. The van der Waals surface area contributed by atoms with Crippen molar-refractivity contribution < 1.29 is 4.92 Å². The normalized spacial score (nSPS) is 15.3. The summed E-state index contributed by atoms with van der Waals surface area (Å²) in [6.45, 7) is 5.69. The van der Waals surface area contributed by atoms with E-state index in [0.29, 0.717) is 11.9 Å². The number of piperidine rings is 1. The summed E-state index contributed by atoms with van der Waals surface area (Å²) in [5.41, 5.74) is 0.984. The topological polar surface area (TPSA) is 97.1 Å². The molecule has 0 atom stereocenters. The van der Waals surface area contributed by atoms with Crippen molar-refractivity contribution in [1.29, 1.82) is 0 Å². The van der Waals surface area contributed by atoms with E-state index >= 15 is 0 Å². The van der Waals surface area contributed by atoms with Crippen molar-refractivity contribution >= 4 is 17.3 Å². The van der Waals surface area contributed by atoms with Gasteiger partial charge < -0.3 is 10.2 Å². The first-order valence-corrected chi connectivity index (χ1v) is 7.95. The highest BCUT2D eigenvalue weighted by molar-refractivity contribution is 5.43. The highest BCUT2D eigenvalue weighted by Crippen LogP contribution is 2.21. The van der Waals surface area contributed by atoms with Crippen LogP contribution >= 0.6 is 0 Å². The molecule has 1 aliphatic rings. The highest BCUT2D eigenvalue weighted by atomic mass is 16.6. The lowest BCUT2D eigenvalue weighted by molar-refractivity contribution is -0.385. The molecule has 8 heteroatoms. The monoisotopic (exact) mass is 328 g/mol. The molecule has 24 heavy (non-hydrogen) atoms. The molecule has 8 nitrogen and oxygen atoms in total. The lowest BCUT2D eigenvalue weighted by Gasteiger charge is -2.33. The number of aryl methyl sites for hydroxylation is 2. The molecular weight excluding hydrogens is 308 g/mol. The first-order valence-electron chi connectivity index (χ1n) is 7.95. The molecule has 0 aliphatic carbocycles. The van der Waals surface area contributed by atoms with Crippen molar-refractivity contribution in [3.05, 3.63) is 46.0 Å². The number of nitrogens with zero attached hydrogens (tertiary/aromatic N) is 5. The quantitative estimate of drug-likeness (QED) is 0.680. The van der Waals surface area contributed by atoms with E-state index in [1.54, 1.807) is 6.07 Å². The van der Waals surface area contributed by atoms with Crippen LogP contribution < -0.4 is 10.2 Å². The van der Waals surface area contributed by atoms with Crippen molar-refractivity contribution in [1.82, 2.24) is 15.0 Å². The van der Waals surface area contributed by atoms with Gasteiger partial charge in [-0.25, -0.2) is 15.0 Å². The molecule has 0 radical (unpaired) electrons. The second-order valence-electron chi connectivity index (χ2n) is 5.98. The van der Waals surface area contributed by atoms with Crippen LogP contribution in [-0.4, -0.2) is 39.0 Å². The molecule has 1 fully saturated rings. The average molecular weight is 328 g/mol. The summed E-state index contributed by atoms with van der Waals surface area (Å²) < 4.78 is 0. The number of pyridine rings is 1. The molecule has 3 rings (SSSR count). The maximum Gasteiger partial charge on any atom is 0.287 e. The molecule has 0 bridgehead atoms. The molecular formula is C16H20N6O2. The molecule has 3 heterocycles. The molecule has 1 N–H and O–H groups in total. The summed E-state index contributed by atoms with van der Waals surface area (Å²) in [7, 11) is 0. The third-order valence-corrected chi connectivity index (χ3v) is 4.08. The van der Waals surface area contributed by atoms with E-state index in [-0.39, 0.29) is 5.69 Å².